The smallest absolute Gasteiger partial charge is 0.264 e. The quantitative estimate of drug-likeness (QED) is 0.565. The molecule has 0 saturated heterocycles. The van der Waals surface area contributed by atoms with E-state index in [4.69, 9.17) is 0 Å². The van der Waals surface area contributed by atoms with E-state index in [9.17, 15) is 18.0 Å². The Morgan fingerprint density at radius 1 is 0.967 bits per heavy atom. The van der Waals surface area contributed by atoms with Gasteiger partial charge >= 0.3 is 0 Å². The van der Waals surface area contributed by atoms with Crippen molar-refractivity contribution in [2.45, 2.75) is 18.4 Å². The van der Waals surface area contributed by atoms with Crippen LogP contribution in [-0.2, 0) is 21.4 Å². The molecule has 1 N–H and O–H groups in total. The molecule has 1 amide bonds. The van der Waals surface area contributed by atoms with Gasteiger partial charge in [0.2, 0.25) is 5.91 Å². The first-order valence-electron chi connectivity index (χ1n) is 9.35. The van der Waals surface area contributed by atoms with Gasteiger partial charge in [-0.05, 0) is 42.8 Å². The van der Waals surface area contributed by atoms with Crippen molar-refractivity contribution >= 4 is 27.9 Å². The maximum absolute atomic E-state index is 13.2. The Labute approximate surface area is 176 Å². The number of hydrogen-bond acceptors (Lipinski definition) is 4. The molecule has 0 bridgehead atoms. The highest BCUT2D eigenvalue weighted by Gasteiger charge is 2.27. The first kappa shape index (κ1) is 21.3. The van der Waals surface area contributed by atoms with E-state index < -0.39 is 15.9 Å². The monoisotopic (exact) mass is 422 g/mol. The minimum atomic E-state index is -3.93. The standard InChI is InChI=1S/C23H22N2O4S/c1-18-10-12-22(13-11-18)30(28,29)25(21-8-3-2-4-9-21)16-23(27)24-15-19-6-5-7-20(14-19)17-26/h2-14,17H,15-16H2,1H3,(H,24,27). The Bertz CT molecular complexity index is 1130. The maximum atomic E-state index is 13.2. The Balaban J connectivity index is 1.81. The molecular formula is C23H22N2O4S. The van der Waals surface area contributed by atoms with Crippen molar-refractivity contribution in [2.75, 3.05) is 10.8 Å². The van der Waals surface area contributed by atoms with Crippen molar-refractivity contribution in [3.63, 3.8) is 0 Å². The van der Waals surface area contributed by atoms with E-state index in [2.05, 4.69) is 5.32 Å². The third kappa shape index (κ3) is 5.12. The molecule has 0 spiro atoms. The number of hydrogen-bond donors (Lipinski definition) is 1. The summed E-state index contributed by atoms with van der Waals surface area (Å²) in [6, 6.07) is 21.9. The SMILES string of the molecule is Cc1ccc(S(=O)(=O)N(CC(=O)NCc2cccc(C=O)c2)c2ccccc2)cc1. The number of sulfonamides is 1. The van der Waals surface area contributed by atoms with E-state index in [1.54, 1.807) is 66.7 Å². The number of rotatable bonds is 8. The number of carbonyl (C=O) groups is 2. The molecule has 6 nitrogen and oxygen atoms in total. The molecule has 0 aromatic heterocycles. The molecule has 0 unspecified atom stereocenters. The van der Waals surface area contributed by atoms with Gasteiger partial charge in [0.25, 0.3) is 10.0 Å². The lowest BCUT2D eigenvalue weighted by molar-refractivity contribution is -0.119. The fraction of sp³-hybridized carbons (Fsp3) is 0.130. The second kappa shape index (κ2) is 9.37. The van der Waals surface area contributed by atoms with Gasteiger partial charge in [-0.3, -0.25) is 13.9 Å². The van der Waals surface area contributed by atoms with Crippen LogP contribution in [0.3, 0.4) is 0 Å². The van der Waals surface area contributed by atoms with Crippen LogP contribution in [0, 0.1) is 6.92 Å². The van der Waals surface area contributed by atoms with Gasteiger partial charge in [0, 0.05) is 12.1 Å². The molecule has 3 aromatic carbocycles. The zero-order valence-electron chi connectivity index (χ0n) is 16.5. The van der Waals surface area contributed by atoms with E-state index in [0.29, 0.717) is 11.3 Å². The number of para-hydroxylation sites is 1. The fourth-order valence-corrected chi connectivity index (χ4v) is 4.33. The van der Waals surface area contributed by atoms with Gasteiger partial charge in [-0.1, -0.05) is 54.1 Å². The van der Waals surface area contributed by atoms with Crippen molar-refractivity contribution in [1.29, 1.82) is 0 Å². The zero-order chi connectivity index (χ0) is 21.6. The van der Waals surface area contributed by atoms with E-state index in [-0.39, 0.29) is 18.0 Å². The molecule has 0 aliphatic rings. The summed E-state index contributed by atoms with van der Waals surface area (Å²) in [7, 11) is -3.93. The molecule has 0 aliphatic heterocycles. The minimum Gasteiger partial charge on any atom is -0.350 e. The van der Waals surface area contributed by atoms with E-state index in [1.807, 2.05) is 6.92 Å². The molecule has 0 saturated carbocycles. The predicted octanol–water partition coefficient (Wildman–Crippen LogP) is 3.32. The topological polar surface area (TPSA) is 83.6 Å². The molecule has 0 fully saturated rings. The number of nitrogens with one attached hydrogen (secondary N) is 1. The number of carbonyl (C=O) groups excluding carboxylic acids is 2. The highest BCUT2D eigenvalue weighted by Crippen LogP contribution is 2.23. The molecule has 0 atom stereocenters. The predicted molar refractivity (Wildman–Crippen MR) is 116 cm³/mol. The van der Waals surface area contributed by atoms with Gasteiger partial charge in [-0.25, -0.2) is 8.42 Å². The normalized spacial score (nSPS) is 11.0. The van der Waals surface area contributed by atoms with Crippen LogP contribution in [0.1, 0.15) is 21.5 Å². The molecule has 0 radical (unpaired) electrons. The summed E-state index contributed by atoms with van der Waals surface area (Å²) in [6.07, 6.45) is 0.733. The van der Waals surface area contributed by atoms with Gasteiger partial charge in [-0.2, -0.15) is 0 Å². The number of nitrogens with zero attached hydrogens (tertiary/aromatic N) is 1. The van der Waals surface area contributed by atoms with Crippen LogP contribution in [0.2, 0.25) is 0 Å². The summed E-state index contributed by atoms with van der Waals surface area (Å²) >= 11 is 0. The van der Waals surface area contributed by atoms with E-state index >= 15 is 0 Å². The molecule has 7 heteroatoms. The zero-order valence-corrected chi connectivity index (χ0v) is 17.3. The van der Waals surface area contributed by atoms with Crippen molar-refractivity contribution in [1.82, 2.24) is 5.32 Å². The average Bonchev–Trinajstić information content (AvgIpc) is 2.77. The molecular weight excluding hydrogens is 400 g/mol. The Morgan fingerprint density at radius 2 is 1.67 bits per heavy atom. The first-order valence-corrected chi connectivity index (χ1v) is 10.8. The number of amides is 1. The van der Waals surface area contributed by atoms with Crippen molar-refractivity contribution in [2.24, 2.45) is 0 Å². The second-order valence-electron chi connectivity index (χ2n) is 6.80. The average molecular weight is 423 g/mol. The molecule has 154 valence electrons. The lowest BCUT2D eigenvalue weighted by Gasteiger charge is -2.24. The van der Waals surface area contributed by atoms with Gasteiger partial charge in [0.1, 0.15) is 12.8 Å². The van der Waals surface area contributed by atoms with Crippen molar-refractivity contribution in [3.05, 3.63) is 95.6 Å². The summed E-state index contributed by atoms with van der Waals surface area (Å²) in [5, 5.41) is 2.72. The Hall–Kier alpha value is -3.45. The minimum absolute atomic E-state index is 0.114. The summed E-state index contributed by atoms with van der Waals surface area (Å²) < 4.78 is 27.6. The third-order valence-corrected chi connectivity index (χ3v) is 6.31. The molecule has 3 rings (SSSR count). The van der Waals surface area contributed by atoms with Crippen LogP contribution < -0.4 is 9.62 Å². The Morgan fingerprint density at radius 3 is 2.33 bits per heavy atom. The van der Waals surface area contributed by atoms with E-state index in [1.165, 1.54) is 12.1 Å². The van der Waals surface area contributed by atoms with Gasteiger partial charge in [0.15, 0.2) is 0 Å². The highest BCUT2D eigenvalue weighted by molar-refractivity contribution is 7.92. The van der Waals surface area contributed by atoms with Crippen LogP contribution in [-0.4, -0.2) is 27.2 Å². The highest BCUT2D eigenvalue weighted by atomic mass is 32.2. The van der Waals surface area contributed by atoms with Crippen molar-refractivity contribution < 1.29 is 18.0 Å². The number of anilines is 1. The summed E-state index contributed by atoms with van der Waals surface area (Å²) in [5.41, 5.74) is 2.60. The Kier molecular flexibility index (Phi) is 6.64. The molecule has 30 heavy (non-hydrogen) atoms. The van der Waals surface area contributed by atoms with Gasteiger partial charge in [-0.15, -0.1) is 0 Å². The van der Waals surface area contributed by atoms with Gasteiger partial charge in [0.05, 0.1) is 10.6 Å². The van der Waals surface area contributed by atoms with Crippen LogP contribution in [0.4, 0.5) is 5.69 Å². The van der Waals surface area contributed by atoms with E-state index in [0.717, 1.165) is 21.7 Å². The summed E-state index contributed by atoms with van der Waals surface area (Å²) in [5.74, 6) is -0.453. The summed E-state index contributed by atoms with van der Waals surface area (Å²) in [4.78, 5) is 23.6. The van der Waals surface area contributed by atoms with Crippen molar-refractivity contribution in [3.8, 4) is 0 Å². The maximum Gasteiger partial charge on any atom is 0.264 e. The van der Waals surface area contributed by atoms with Crippen LogP contribution in [0.15, 0.2) is 83.8 Å². The largest absolute Gasteiger partial charge is 0.350 e. The van der Waals surface area contributed by atoms with Crippen LogP contribution in [0.5, 0.6) is 0 Å². The lowest BCUT2D eigenvalue weighted by atomic mass is 10.1. The first-order chi connectivity index (χ1) is 14.4. The third-order valence-electron chi connectivity index (χ3n) is 4.52. The van der Waals surface area contributed by atoms with Crippen LogP contribution >= 0.6 is 0 Å². The number of benzene rings is 3. The second-order valence-corrected chi connectivity index (χ2v) is 8.66. The fourth-order valence-electron chi connectivity index (χ4n) is 2.91. The molecule has 3 aromatic rings. The number of aryl methyl sites for hydroxylation is 1. The lowest BCUT2D eigenvalue weighted by Crippen LogP contribution is -2.40. The summed E-state index contributed by atoms with van der Waals surface area (Å²) in [6.45, 7) is 1.69. The van der Waals surface area contributed by atoms with Gasteiger partial charge < -0.3 is 5.32 Å². The molecule has 0 heterocycles. The number of aldehydes is 1. The van der Waals surface area contributed by atoms with Crippen LogP contribution in [0.25, 0.3) is 0 Å². The molecule has 0 aliphatic carbocycles.